The van der Waals surface area contributed by atoms with Crippen LogP contribution in [0.3, 0.4) is 0 Å². The molecule has 0 radical (unpaired) electrons. The van der Waals surface area contributed by atoms with E-state index in [0.717, 1.165) is 0 Å². The highest BCUT2D eigenvalue weighted by Crippen LogP contribution is 2.32. The number of hydrogen-bond donors (Lipinski definition) is 4. The first-order valence-corrected chi connectivity index (χ1v) is 6.09. The summed E-state index contributed by atoms with van der Waals surface area (Å²) in [6.45, 7) is -0.205. The number of fused-ring (bicyclic) bond motifs is 1. The third kappa shape index (κ3) is 2.08. The Balaban J connectivity index is 2.08. The highest BCUT2D eigenvalue weighted by Gasteiger charge is 2.44. The van der Waals surface area contributed by atoms with Gasteiger partial charge in [0.15, 0.2) is 20.2 Å². The summed E-state index contributed by atoms with van der Waals surface area (Å²) in [7, 11) is 1.36. The maximum atomic E-state index is 7.34. The number of hydrogen-bond acceptors (Lipinski definition) is 9. The molecule has 1 saturated heterocycles. The van der Waals surface area contributed by atoms with Gasteiger partial charge in [-0.2, -0.15) is 9.97 Å². The van der Waals surface area contributed by atoms with Gasteiger partial charge >= 0.3 is 0 Å². The summed E-state index contributed by atoms with van der Waals surface area (Å²) in [4.78, 5) is 12.1. The summed E-state index contributed by atoms with van der Waals surface area (Å²) >= 11 is 0. The number of nitrogen functional groups attached to an aromatic ring is 1. The Morgan fingerprint density at radius 3 is 3.14 bits per heavy atom. The Bertz CT molecular complexity index is 766. The molecule has 1 aliphatic heterocycles. The monoisotopic (exact) mass is 302 g/mol. The van der Waals surface area contributed by atoms with Crippen LogP contribution in [0, 0.1) is 0 Å². The largest absolute Gasteiger partial charge is 0.479 e. The van der Waals surface area contributed by atoms with Crippen LogP contribution in [0.15, 0.2) is 6.33 Å². The van der Waals surface area contributed by atoms with Crippen molar-refractivity contribution in [3.8, 4) is 5.88 Å². The minimum Gasteiger partial charge on any atom is -0.479 e. The van der Waals surface area contributed by atoms with E-state index in [4.69, 9.17) is 16.6 Å². The number of rotatable bonds is 7. The van der Waals surface area contributed by atoms with Gasteiger partial charge in [0.25, 0.3) is 0 Å². The lowest BCUT2D eigenvalue weighted by molar-refractivity contribution is -0.0511. The first-order chi connectivity index (χ1) is 12.5. The van der Waals surface area contributed by atoms with Gasteiger partial charge in [0.05, 0.1) is 20.0 Å². The van der Waals surface area contributed by atoms with Crippen molar-refractivity contribution in [2.75, 3.05) is 19.4 Å². The highest BCUT2D eigenvalue weighted by atomic mass is 16.6. The van der Waals surface area contributed by atoms with E-state index < -0.39 is 24.5 Å². The Hall–Kier alpha value is -2.01. The fraction of sp³-hybridized carbons (Fsp3) is 0.545. The van der Waals surface area contributed by atoms with E-state index in [1.807, 2.05) is 0 Å². The van der Waals surface area contributed by atoms with Crippen molar-refractivity contribution >= 4 is 17.1 Å². The average molecular weight is 302 g/mol. The number of methoxy groups -OCH3 is 1. The number of ether oxygens (including phenoxy) is 2. The van der Waals surface area contributed by atoms with Gasteiger partial charge in [-0.1, -0.05) is 0 Å². The molecule has 1 aliphatic rings. The van der Waals surface area contributed by atoms with E-state index in [2.05, 4.69) is 30.3 Å². The van der Waals surface area contributed by atoms with Crippen LogP contribution in [0.5, 0.6) is 5.88 Å². The van der Waals surface area contributed by atoms with Crippen molar-refractivity contribution in [3.63, 3.8) is 0 Å². The number of imidazole rings is 1. The number of aliphatic hydroxyl groups is 3. The molecule has 3 rings (SSSR count). The first kappa shape index (κ1) is 9.10. The molecule has 0 amide bonds. The van der Waals surface area contributed by atoms with Crippen LogP contribution in [0.4, 0.5) is 5.95 Å². The van der Waals surface area contributed by atoms with Crippen LogP contribution in [0.25, 0.3) is 11.2 Å². The van der Waals surface area contributed by atoms with Gasteiger partial charge in [-0.05, 0) is 0 Å². The second-order valence-corrected chi connectivity index (χ2v) is 4.52. The molecule has 0 saturated carbocycles. The molecule has 21 heavy (non-hydrogen) atoms. The first-order valence-electron chi connectivity index (χ1n) is 8.21. The highest BCUT2D eigenvalue weighted by molar-refractivity contribution is 5.77. The molecule has 1 fully saturated rings. The number of aliphatic hydroxyl groups excluding tert-OH is 3. The lowest BCUT2D eigenvalue weighted by Gasteiger charge is -2.16. The van der Waals surface area contributed by atoms with E-state index in [0.29, 0.717) is 0 Å². The van der Waals surface area contributed by atoms with Gasteiger partial charge in [0, 0.05) is 0 Å². The van der Waals surface area contributed by atoms with Gasteiger partial charge in [-0.3, -0.25) is 4.57 Å². The minimum atomic E-state index is -1.04. The molecule has 4 atom stereocenters. The minimum absolute atomic E-state index is 0.0499. The molecular weight excluding hydrogens is 282 g/mol. The molecule has 3 heterocycles. The van der Waals surface area contributed by atoms with E-state index in [1.54, 1.807) is 0 Å². The van der Waals surface area contributed by atoms with Crippen molar-refractivity contribution in [1.82, 2.24) is 19.5 Å². The maximum Gasteiger partial charge on any atom is 0.246 e. The third-order valence-electron chi connectivity index (χ3n) is 3.29. The van der Waals surface area contributed by atoms with Crippen molar-refractivity contribution < 1.29 is 27.6 Å². The van der Waals surface area contributed by atoms with Crippen molar-refractivity contribution in [1.29, 1.82) is 4.29 Å². The van der Waals surface area contributed by atoms with Gasteiger partial charge in [0.2, 0.25) is 16.1 Å². The van der Waals surface area contributed by atoms with Crippen LogP contribution in [0.1, 0.15) is 6.23 Å². The summed E-state index contributed by atoms with van der Waals surface area (Å²) < 4.78 is 48.3. The van der Waals surface area contributed by atoms with Crippen LogP contribution in [-0.2, 0) is 4.74 Å². The number of aromatic nitrogens is 4. The lowest BCUT2D eigenvalue weighted by atomic mass is 10.1. The Morgan fingerprint density at radius 1 is 1.52 bits per heavy atom. The van der Waals surface area contributed by atoms with E-state index >= 15 is 0 Å². The summed E-state index contributed by atoms with van der Waals surface area (Å²) in [6, 6.07) is 0. The molecule has 0 unspecified atom stereocenters. The fourth-order valence-electron chi connectivity index (χ4n) is 2.27. The summed E-state index contributed by atoms with van der Waals surface area (Å²) in [6.07, 6.45) is -2.52. The van der Waals surface area contributed by atoms with Gasteiger partial charge in [-0.15, -0.1) is 0 Å². The van der Waals surface area contributed by atoms with Gasteiger partial charge in [0.1, 0.15) is 18.3 Å². The second-order valence-electron chi connectivity index (χ2n) is 4.52. The molecule has 10 heteroatoms. The predicted molar refractivity (Wildman–Crippen MR) is 69.3 cm³/mol. The Labute approximate surface area is 126 Å². The molecule has 0 aromatic carbocycles. The average Bonchev–Trinajstić information content (AvgIpc) is 3.21. The standard InChI is InChI=1S/C11H15N5O5/c1-20-9-5-8(14-11(12)15-9)16(3-13-5)10-7(19)6(18)4(2-17)21-10/h3-4,6-7,10,17-19H,2H2,1H3,(H2,12,14,15)/t4-,6-,7+,10-/m1/s1/i17D,18D,19D/hD2. The van der Waals surface area contributed by atoms with Gasteiger partial charge in [-0.25, -0.2) is 4.98 Å². The Kier molecular flexibility index (Phi) is 2.20. The topological polar surface area (TPSA) is 149 Å². The molecule has 0 spiro atoms. The summed E-state index contributed by atoms with van der Waals surface area (Å²) in [5, 5.41) is 13.6. The summed E-state index contributed by atoms with van der Waals surface area (Å²) in [5.74, 6) is -0.217. The SMILES string of the molecule is [2H]OC[C@H]1O[C@@H](n2cnc3c(OC)nc(N([2H])[2H])nc32)[C@@H](O[2H])[C@@H]1O[2H]. The normalized spacial score (nSPS) is 32.1. The molecule has 2 aromatic heterocycles. The second kappa shape index (κ2) is 5.07. The fourth-order valence-corrected chi connectivity index (χ4v) is 2.27. The van der Waals surface area contributed by atoms with Crippen LogP contribution >= 0.6 is 0 Å². The third-order valence-corrected chi connectivity index (χ3v) is 3.29. The van der Waals surface area contributed by atoms with Gasteiger partial charge < -0.3 is 30.5 Å². The van der Waals surface area contributed by atoms with Crippen LogP contribution in [-0.4, -0.2) is 71.2 Å². The number of nitrogens with zero attached hydrogens (tertiary/aromatic N) is 4. The van der Waals surface area contributed by atoms with Crippen molar-refractivity contribution in [2.45, 2.75) is 24.5 Å². The smallest absolute Gasteiger partial charge is 0.246 e. The zero-order valence-corrected chi connectivity index (χ0v) is 10.9. The van der Waals surface area contributed by atoms with Crippen LogP contribution in [0.2, 0.25) is 2.82 Å². The predicted octanol–water partition coefficient (Wildman–Crippen LogP) is -1.97. The van der Waals surface area contributed by atoms with Crippen molar-refractivity contribution in [3.05, 3.63) is 6.33 Å². The van der Waals surface area contributed by atoms with E-state index in [1.165, 1.54) is 18.0 Å². The molecule has 5 N–H and O–H groups in total. The molecular formula is C11H15N5O5. The number of nitrogens with two attached hydrogens (primary N) is 1. The van der Waals surface area contributed by atoms with Crippen molar-refractivity contribution in [2.24, 2.45) is 0 Å². The summed E-state index contributed by atoms with van der Waals surface area (Å²) in [5.41, 5.74) is 0.619. The van der Waals surface area contributed by atoms with Crippen LogP contribution < -0.4 is 10.5 Å². The van der Waals surface area contributed by atoms with E-state index in [-0.39, 0.29) is 35.3 Å². The number of anilines is 1. The quantitative estimate of drug-likeness (QED) is 0.456. The van der Waals surface area contributed by atoms with E-state index in [9.17, 15) is 0 Å². The zero-order chi connectivity index (χ0) is 18.8. The molecule has 114 valence electrons. The lowest BCUT2D eigenvalue weighted by Crippen LogP contribution is -2.33. The molecule has 0 aliphatic carbocycles. The maximum absolute atomic E-state index is 7.34. The molecule has 2 aromatic rings. The molecule has 10 nitrogen and oxygen atoms in total. The molecule has 0 bridgehead atoms. The zero-order valence-electron chi connectivity index (χ0n) is 15.9. The Morgan fingerprint density at radius 2 is 2.43 bits per heavy atom.